The first-order valence-electron chi connectivity index (χ1n) is 11.6. The molecule has 31 heavy (non-hydrogen) atoms. The molecule has 2 heterocycles. The van der Waals surface area contributed by atoms with Gasteiger partial charge in [-0.3, -0.25) is 9.59 Å². The predicted octanol–water partition coefficient (Wildman–Crippen LogP) is 1.06. The lowest BCUT2D eigenvalue weighted by atomic mass is 9.73. The molecular formula is C22H34N4O4S. The van der Waals surface area contributed by atoms with Crippen molar-refractivity contribution in [2.75, 3.05) is 19.6 Å². The molecule has 5 rings (SSSR count). The number of hydrogen-bond acceptors (Lipinski definition) is 5. The van der Waals surface area contributed by atoms with E-state index in [0.29, 0.717) is 24.9 Å². The lowest BCUT2D eigenvalue weighted by molar-refractivity contribution is -0.130. The zero-order valence-corrected chi connectivity index (χ0v) is 19.3. The van der Waals surface area contributed by atoms with Crippen LogP contribution in [0.25, 0.3) is 0 Å². The van der Waals surface area contributed by atoms with Gasteiger partial charge < -0.3 is 10.6 Å². The van der Waals surface area contributed by atoms with Crippen LogP contribution >= 0.6 is 0 Å². The third kappa shape index (κ3) is 2.69. The lowest BCUT2D eigenvalue weighted by Crippen LogP contribution is -2.56. The number of fused-ring (bicyclic) bond motifs is 1. The third-order valence-corrected chi connectivity index (χ3v) is 11.1. The van der Waals surface area contributed by atoms with E-state index in [1.54, 1.807) is 6.08 Å². The van der Waals surface area contributed by atoms with Gasteiger partial charge in [-0.05, 0) is 54.8 Å². The molecule has 4 unspecified atom stereocenters. The van der Waals surface area contributed by atoms with Crippen molar-refractivity contribution in [3.8, 4) is 0 Å². The molecule has 5 fully saturated rings. The fourth-order valence-electron chi connectivity index (χ4n) is 7.25. The van der Waals surface area contributed by atoms with Gasteiger partial charge in [0.2, 0.25) is 5.91 Å². The second-order valence-corrected chi connectivity index (χ2v) is 12.5. The van der Waals surface area contributed by atoms with E-state index in [1.165, 1.54) is 23.6 Å². The van der Waals surface area contributed by atoms with Crippen molar-refractivity contribution in [1.29, 1.82) is 0 Å². The summed E-state index contributed by atoms with van der Waals surface area (Å²) in [6.45, 7) is 10.1. The van der Waals surface area contributed by atoms with Gasteiger partial charge in [-0.2, -0.15) is 12.7 Å². The smallest absolute Gasteiger partial charge is 0.303 e. The Kier molecular flexibility index (Phi) is 4.52. The molecule has 2 amide bonds. The highest BCUT2D eigenvalue weighted by Crippen LogP contribution is 2.87. The van der Waals surface area contributed by atoms with Crippen LogP contribution in [0.1, 0.15) is 58.8 Å². The van der Waals surface area contributed by atoms with E-state index in [9.17, 15) is 18.0 Å². The van der Waals surface area contributed by atoms with Crippen molar-refractivity contribution in [3.63, 3.8) is 0 Å². The van der Waals surface area contributed by atoms with Gasteiger partial charge in [0.25, 0.3) is 5.91 Å². The molecule has 0 aromatic carbocycles. The molecule has 2 aliphatic heterocycles. The summed E-state index contributed by atoms with van der Waals surface area (Å²) in [6, 6.07) is -0.356. The van der Waals surface area contributed by atoms with Crippen molar-refractivity contribution in [3.05, 3.63) is 12.7 Å². The van der Waals surface area contributed by atoms with E-state index in [0.717, 1.165) is 25.8 Å². The fourth-order valence-corrected chi connectivity index (χ4v) is 8.54. The van der Waals surface area contributed by atoms with Gasteiger partial charge in [0, 0.05) is 25.6 Å². The minimum absolute atomic E-state index is 0.149. The summed E-state index contributed by atoms with van der Waals surface area (Å²) in [7, 11) is -3.89. The maximum Gasteiger partial charge on any atom is 0.303 e. The second kappa shape index (κ2) is 6.54. The first-order chi connectivity index (χ1) is 14.6. The molecule has 3 N–H and O–H groups in total. The highest BCUT2D eigenvalue weighted by Gasteiger charge is 2.83. The molecule has 8 nitrogen and oxygen atoms in total. The molecule has 5 aliphatic rings. The predicted molar refractivity (Wildman–Crippen MR) is 116 cm³/mol. The van der Waals surface area contributed by atoms with E-state index in [1.807, 2.05) is 0 Å². The van der Waals surface area contributed by atoms with Crippen LogP contribution in [0.3, 0.4) is 0 Å². The Morgan fingerprint density at radius 3 is 2.29 bits per heavy atom. The quantitative estimate of drug-likeness (QED) is 0.525. The van der Waals surface area contributed by atoms with Gasteiger partial charge >= 0.3 is 10.2 Å². The van der Waals surface area contributed by atoms with Crippen LogP contribution in [0.4, 0.5) is 0 Å². The summed E-state index contributed by atoms with van der Waals surface area (Å²) in [5.74, 6) is -1.14. The molecular weight excluding hydrogens is 416 g/mol. The summed E-state index contributed by atoms with van der Waals surface area (Å²) < 4.78 is 28.7. The summed E-state index contributed by atoms with van der Waals surface area (Å²) in [5, 5.41) is 6.32. The summed E-state index contributed by atoms with van der Waals surface area (Å²) in [4.78, 5) is 26.2. The molecule has 9 heteroatoms. The first kappa shape index (κ1) is 21.4. The Labute approximate surface area is 184 Å². The summed E-state index contributed by atoms with van der Waals surface area (Å²) in [6.07, 6.45) is 8.07. The van der Waals surface area contributed by atoms with Crippen LogP contribution in [0.5, 0.6) is 0 Å². The first-order valence-corrected chi connectivity index (χ1v) is 13.0. The van der Waals surface area contributed by atoms with Crippen molar-refractivity contribution in [2.24, 2.45) is 22.2 Å². The number of carbonyl (C=O) groups is 2. The maximum atomic E-state index is 13.2. The fraction of sp³-hybridized carbons (Fsp3) is 0.818. The standard InChI is InChI=1S/C22H34N4O4S/c1-4-15-12-22(15,18(28)25-31(29,30)26-10-5-6-11-26)24-17(27)16-13-21(14-23-16)19(2,3)20(21)8-7-9-20/h4,15-16,23H,1,5-14H2,2-3H3,(H,24,27)(H,25,28). The number of hydrogen-bond donors (Lipinski definition) is 3. The molecule has 4 atom stereocenters. The van der Waals surface area contributed by atoms with Crippen LogP contribution < -0.4 is 15.4 Å². The van der Waals surface area contributed by atoms with Crippen LogP contribution in [-0.2, 0) is 19.8 Å². The van der Waals surface area contributed by atoms with Crippen molar-refractivity contribution >= 4 is 22.0 Å². The minimum Gasteiger partial charge on any atom is -0.340 e. The highest BCUT2D eigenvalue weighted by atomic mass is 32.2. The Bertz CT molecular complexity index is 937. The summed E-state index contributed by atoms with van der Waals surface area (Å²) >= 11 is 0. The number of amides is 2. The molecule has 3 aliphatic carbocycles. The highest BCUT2D eigenvalue weighted by molar-refractivity contribution is 7.87. The van der Waals surface area contributed by atoms with Crippen molar-refractivity contribution in [1.82, 2.24) is 19.7 Å². The van der Waals surface area contributed by atoms with Crippen molar-refractivity contribution < 1.29 is 18.0 Å². The molecule has 172 valence electrons. The van der Waals surface area contributed by atoms with E-state index >= 15 is 0 Å². The zero-order valence-electron chi connectivity index (χ0n) is 18.5. The van der Waals surface area contributed by atoms with E-state index < -0.39 is 21.7 Å². The normalized spacial score (nSPS) is 39.8. The monoisotopic (exact) mass is 450 g/mol. The Balaban J connectivity index is 1.27. The zero-order chi connectivity index (χ0) is 22.3. The summed E-state index contributed by atoms with van der Waals surface area (Å²) in [5.41, 5.74) is -0.501. The van der Waals surface area contributed by atoms with Gasteiger partial charge in [-0.1, -0.05) is 26.3 Å². The van der Waals surface area contributed by atoms with Crippen LogP contribution in [0, 0.1) is 22.2 Å². The van der Waals surface area contributed by atoms with E-state index in [4.69, 9.17) is 0 Å². The van der Waals surface area contributed by atoms with Gasteiger partial charge in [0.05, 0.1) is 6.04 Å². The molecule has 0 radical (unpaired) electrons. The number of nitrogens with zero attached hydrogens (tertiary/aromatic N) is 1. The number of nitrogens with one attached hydrogen (secondary N) is 3. The largest absolute Gasteiger partial charge is 0.340 e. The van der Waals surface area contributed by atoms with Crippen LogP contribution in [0.15, 0.2) is 12.7 Å². The van der Waals surface area contributed by atoms with Crippen LogP contribution in [0.2, 0.25) is 0 Å². The molecule has 0 aromatic heterocycles. The van der Waals surface area contributed by atoms with E-state index in [-0.39, 0.29) is 28.7 Å². The topological polar surface area (TPSA) is 108 Å². The maximum absolute atomic E-state index is 13.2. The third-order valence-electron chi connectivity index (χ3n) is 9.65. The molecule has 2 spiro atoms. The molecule has 2 saturated heterocycles. The SMILES string of the molecule is C=CC1CC1(NC(=O)C1CC2(CN1)C(C)(C)C21CCC1)C(=O)NS(=O)(=O)N1CCCC1. The van der Waals surface area contributed by atoms with Crippen LogP contribution in [-0.4, -0.2) is 55.8 Å². The minimum atomic E-state index is -3.89. The Morgan fingerprint density at radius 2 is 1.77 bits per heavy atom. The molecule has 0 aromatic rings. The lowest BCUT2D eigenvalue weighted by Gasteiger charge is -2.31. The van der Waals surface area contributed by atoms with Crippen molar-refractivity contribution in [2.45, 2.75) is 70.4 Å². The van der Waals surface area contributed by atoms with Gasteiger partial charge in [-0.15, -0.1) is 6.58 Å². The van der Waals surface area contributed by atoms with E-state index in [2.05, 4.69) is 35.8 Å². The average molecular weight is 451 g/mol. The Morgan fingerprint density at radius 1 is 1.10 bits per heavy atom. The average Bonchev–Trinajstić information content (AvgIpc) is 3.16. The molecule has 0 bridgehead atoms. The second-order valence-electron chi connectivity index (χ2n) is 10.8. The number of carbonyl (C=O) groups excluding carboxylic acids is 2. The van der Waals surface area contributed by atoms with Gasteiger partial charge in [0.15, 0.2) is 0 Å². The molecule has 3 saturated carbocycles. The number of rotatable bonds is 6. The van der Waals surface area contributed by atoms with Gasteiger partial charge in [0.1, 0.15) is 5.54 Å². The van der Waals surface area contributed by atoms with Gasteiger partial charge in [-0.25, -0.2) is 4.72 Å². The Hall–Kier alpha value is -1.45.